The van der Waals surface area contributed by atoms with E-state index >= 15 is 0 Å². The lowest BCUT2D eigenvalue weighted by molar-refractivity contribution is -0.400. The number of aliphatic hydroxyl groups is 10. The third-order valence-corrected chi connectivity index (χ3v) is 14.9. The molecule has 3 saturated carbocycles. The fourth-order valence-corrected chi connectivity index (χ4v) is 11.9. The van der Waals surface area contributed by atoms with Gasteiger partial charge in [0.05, 0.1) is 30.8 Å². The highest BCUT2D eigenvalue weighted by Gasteiger charge is 2.68. The summed E-state index contributed by atoms with van der Waals surface area (Å²) in [6.07, 6.45) is -17.5. The molecule has 21 atom stereocenters. The molecule has 3 saturated heterocycles. The largest absolute Gasteiger partial charge is 0.481 e. The van der Waals surface area contributed by atoms with Gasteiger partial charge in [-0.05, 0) is 87.0 Å². The molecule has 0 aromatic carbocycles. The first-order valence-corrected chi connectivity index (χ1v) is 19.9. The second-order valence-electron chi connectivity index (χ2n) is 17.9. The van der Waals surface area contributed by atoms with E-state index in [1.165, 1.54) is 0 Å². The Balaban J connectivity index is 1.22. The monoisotopic (exact) mass is 804 g/mol. The van der Waals surface area contributed by atoms with Crippen LogP contribution >= 0.6 is 0 Å². The second-order valence-corrected chi connectivity index (χ2v) is 17.9. The summed E-state index contributed by atoms with van der Waals surface area (Å²) in [6.45, 7) is 3.77. The Morgan fingerprint density at radius 2 is 1.20 bits per heavy atom. The number of fused-ring (bicyclic) bond motifs is 3. The van der Waals surface area contributed by atoms with Gasteiger partial charge in [0.25, 0.3) is 0 Å². The standard InChI is InChI=1S/C38H60O18/c1-16-11-37-9-5-20-35(2,7-4-8-36(20,3)34(49)50)21(37)6-10-38(16,15-37)56-33-30(55-32-28(48)26(46)23(43)18(13-40)52-32)29(24(44)19(14-41)53-33)54-31-27(47)25(45)22(42)17(12-39)51-31/h11,17-33,39-48H,4-10,12-15H2,1-3H3,(H,49,50). The lowest BCUT2D eigenvalue weighted by Gasteiger charge is -2.64. The summed E-state index contributed by atoms with van der Waals surface area (Å²) in [5, 5.41) is 116. The van der Waals surface area contributed by atoms with E-state index in [-0.39, 0.29) is 22.7 Å². The maximum absolute atomic E-state index is 12.7. The molecule has 18 heteroatoms. The molecular weight excluding hydrogens is 744 g/mol. The Kier molecular flexibility index (Phi) is 11.9. The van der Waals surface area contributed by atoms with E-state index in [4.69, 9.17) is 28.4 Å². The van der Waals surface area contributed by atoms with Crippen molar-refractivity contribution in [1.82, 2.24) is 0 Å². The Morgan fingerprint density at radius 3 is 1.75 bits per heavy atom. The van der Waals surface area contributed by atoms with E-state index in [0.29, 0.717) is 32.1 Å². The van der Waals surface area contributed by atoms with Crippen LogP contribution in [0.3, 0.4) is 0 Å². The first kappa shape index (κ1) is 42.7. The first-order chi connectivity index (χ1) is 26.4. The van der Waals surface area contributed by atoms with Gasteiger partial charge in [0.15, 0.2) is 18.9 Å². The Hall–Kier alpha value is -1.43. The second kappa shape index (κ2) is 15.6. The fourth-order valence-electron chi connectivity index (χ4n) is 11.9. The van der Waals surface area contributed by atoms with Gasteiger partial charge in [0.1, 0.15) is 73.2 Å². The summed E-state index contributed by atoms with van der Waals surface area (Å²) >= 11 is 0. The number of carbonyl (C=O) groups is 1. The highest BCUT2D eigenvalue weighted by molar-refractivity contribution is 5.75. The number of aliphatic hydroxyl groups excluding tert-OH is 10. The van der Waals surface area contributed by atoms with E-state index < -0.39 is 129 Å². The van der Waals surface area contributed by atoms with Gasteiger partial charge in [-0.15, -0.1) is 0 Å². The third-order valence-electron chi connectivity index (χ3n) is 14.9. The molecular formula is C38H60O18. The van der Waals surface area contributed by atoms with E-state index in [9.17, 15) is 61.0 Å². The molecule has 320 valence electrons. The highest BCUT2D eigenvalue weighted by atomic mass is 16.8. The van der Waals surface area contributed by atoms with Crippen LogP contribution in [0.5, 0.6) is 0 Å². The number of hydrogen-bond acceptors (Lipinski definition) is 17. The topological polar surface area (TPSA) is 295 Å². The van der Waals surface area contributed by atoms with Crippen molar-refractivity contribution >= 4 is 5.97 Å². The smallest absolute Gasteiger partial charge is 0.309 e. The zero-order chi connectivity index (χ0) is 40.7. The van der Waals surface area contributed by atoms with Crippen LogP contribution in [0, 0.1) is 28.1 Å². The van der Waals surface area contributed by atoms with Crippen molar-refractivity contribution < 1.29 is 89.4 Å². The van der Waals surface area contributed by atoms with Gasteiger partial charge in [0, 0.05) is 0 Å². The van der Waals surface area contributed by atoms with Gasteiger partial charge in [-0.1, -0.05) is 19.4 Å². The predicted octanol–water partition coefficient (Wildman–Crippen LogP) is -2.37. The van der Waals surface area contributed by atoms with E-state index in [1.54, 1.807) is 0 Å². The molecule has 2 bridgehead atoms. The normalized spacial score (nSPS) is 54.5. The summed E-state index contributed by atoms with van der Waals surface area (Å²) in [7, 11) is 0. The van der Waals surface area contributed by atoms with Crippen molar-refractivity contribution in [2.45, 2.75) is 170 Å². The molecule has 21 unspecified atom stereocenters. The summed E-state index contributed by atoms with van der Waals surface area (Å²) in [5.74, 6) is -0.619. The quantitative estimate of drug-likeness (QED) is 0.0812. The summed E-state index contributed by atoms with van der Waals surface area (Å²) in [4.78, 5) is 12.7. The maximum Gasteiger partial charge on any atom is 0.309 e. The SMILES string of the molecule is CC1=CC23CCC4C(C)(C(=O)O)CCCC4(C)C2CCC1(OC1OC(CO)C(O)C(OC2OC(CO)C(O)C(O)C2O)C1OC1OC(CO)C(O)C(O)C1O)C3. The molecule has 1 spiro atoms. The van der Waals surface area contributed by atoms with Gasteiger partial charge in [-0.2, -0.15) is 0 Å². The molecule has 6 fully saturated rings. The molecule has 7 rings (SSSR count). The molecule has 3 heterocycles. The summed E-state index contributed by atoms with van der Waals surface area (Å²) < 4.78 is 36.7. The van der Waals surface area contributed by atoms with Crippen molar-refractivity contribution in [3.8, 4) is 0 Å². The number of allylic oxidation sites excluding steroid dienone is 1. The molecule has 56 heavy (non-hydrogen) atoms. The Morgan fingerprint density at radius 1 is 0.679 bits per heavy atom. The molecule has 0 aromatic heterocycles. The molecule has 0 radical (unpaired) electrons. The van der Waals surface area contributed by atoms with Gasteiger partial charge < -0.3 is 84.6 Å². The average molecular weight is 805 g/mol. The predicted molar refractivity (Wildman–Crippen MR) is 187 cm³/mol. The minimum Gasteiger partial charge on any atom is -0.481 e. The number of aliphatic carboxylic acids is 1. The van der Waals surface area contributed by atoms with Crippen LogP contribution in [-0.4, -0.2) is 180 Å². The van der Waals surface area contributed by atoms with Gasteiger partial charge in [-0.3, -0.25) is 4.79 Å². The van der Waals surface area contributed by atoms with Crippen molar-refractivity contribution in [3.05, 3.63) is 11.6 Å². The van der Waals surface area contributed by atoms with Crippen molar-refractivity contribution in [2.75, 3.05) is 19.8 Å². The van der Waals surface area contributed by atoms with Crippen molar-refractivity contribution in [1.29, 1.82) is 0 Å². The van der Waals surface area contributed by atoms with Crippen LogP contribution in [0.1, 0.15) is 72.1 Å². The highest BCUT2D eigenvalue weighted by Crippen LogP contribution is 2.72. The number of ether oxygens (including phenoxy) is 6. The Bertz CT molecular complexity index is 1460. The molecule has 3 aliphatic heterocycles. The molecule has 4 aliphatic carbocycles. The molecule has 11 N–H and O–H groups in total. The number of rotatable bonds is 10. The molecule has 0 aromatic rings. The van der Waals surface area contributed by atoms with Crippen LogP contribution < -0.4 is 0 Å². The Labute approximate surface area is 324 Å². The molecule has 0 amide bonds. The average Bonchev–Trinajstić information content (AvgIpc) is 3.36. The molecule has 18 nitrogen and oxygen atoms in total. The first-order valence-electron chi connectivity index (χ1n) is 19.9. The van der Waals surface area contributed by atoms with E-state index in [1.807, 2.05) is 13.8 Å². The van der Waals surface area contributed by atoms with Crippen LogP contribution in [0.2, 0.25) is 0 Å². The number of carboxylic acids is 1. The maximum atomic E-state index is 12.7. The third kappa shape index (κ3) is 6.69. The number of carboxylic acid groups (broad SMARTS) is 1. The number of hydrogen-bond donors (Lipinski definition) is 11. The van der Waals surface area contributed by atoms with Crippen molar-refractivity contribution in [3.63, 3.8) is 0 Å². The van der Waals surface area contributed by atoms with Crippen LogP contribution in [0.25, 0.3) is 0 Å². The van der Waals surface area contributed by atoms with Crippen molar-refractivity contribution in [2.24, 2.45) is 28.1 Å². The minimum atomic E-state index is -1.91. The zero-order valence-electron chi connectivity index (χ0n) is 31.9. The van der Waals surface area contributed by atoms with E-state index in [0.717, 1.165) is 24.8 Å². The van der Waals surface area contributed by atoms with E-state index in [2.05, 4.69) is 13.0 Å². The summed E-state index contributed by atoms with van der Waals surface area (Å²) in [5.41, 5.74) is -1.51. The summed E-state index contributed by atoms with van der Waals surface area (Å²) in [6, 6.07) is 0. The van der Waals surface area contributed by atoms with Gasteiger partial charge >= 0.3 is 5.97 Å². The van der Waals surface area contributed by atoms with Gasteiger partial charge in [0.2, 0.25) is 0 Å². The molecule has 7 aliphatic rings. The van der Waals surface area contributed by atoms with Crippen LogP contribution in [0.15, 0.2) is 11.6 Å². The van der Waals surface area contributed by atoms with Gasteiger partial charge in [-0.25, -0.2) is 0 Å². The van der Waals surface area contributed by atoms with Crippen LogP contribution in [-0.2, 0) is 33.2 Å². The minimum absolute atomic E-state index is 0.00952. The lowest BCUT2D eigenvalue weighted by atomic mass is 9.40. The fraction of sp³-hybridized carbons (Fsp3) is 0.921. The lowest BCUT2D eigenvalue weighted by Crippen LogP contribution is -2.68. The van der Waals surface area contributed by atoms with Crippen LogP contribution in [0.4, 0.5) is 0 Å². The zero-order valence-corrected chi connectivity index (χ0v) is 31.9.